The number of nitrogens with one attached hydrogen (secondary N) is 3. The van der Waals surface area contributed by atoms with E-state index in [0.29, 0.717) is 31.5 Å². The zero-order valence-corrected chi connectivity index (χ0v) is 14.4. The van der Waals surface area contributed by atoms with Crippen LogP contribution >= 0.6 is 0 Å². The van der Waals surface area contributed by atoms with Crippen LogP contribution in [-0.4, -0.2) is 56.0 Å². The van der Waals surface area contributed by atoms with Crippen LogP contribution in [0.25, 0.3) is 11.0 Å². The molecular weight excluding hydrogens is 348 g/mol. The predicted octanol–water partition coefficient (Wildman–Crippen LogP) is 0.681. The molecule has 0 bridgehead atoms. The summed E-state index contributed by atoms with van der Waals surface area (Å²) in [6, 6.07) is 8.02. The first-order valence-corrected chi connectivity index (χ1v) is 8.69. The predicted molar refractivity (Wildman–Crippen MR) is 97.3 cm³/mol. The zero-order chi connectivity index (χ0) is 18.8. The van der Waals surface area contributed by atoms with Crippen molar-refractivity contribution >= 4 is 22.8 Å². The van der Waals surface area contributed by atoms with Gasteiger partial charge in [-0.2, -0.15) is 5.10 Å². The number of likely N-dealkylation sites (tertiary alicyclic amines) is 1. The van der Waals surface area contributed by atoms with Crippen molar-refractivity contribution in [2.75, 3.05) is 13.1 Å². The van der Waals surface area contributed by atoms with Crippen LogP contribution in [0.5, 0.6) is 0 Å². The fourth-order valence-electron chi connectivity index (χ4n) is 3.21. The number of imidazole rings is 1. The number of amides is 2. The molecule has 27 heavy (non-hydrogen) atoms. The maximum absolute atomic E-state index is 12.7. The summed E-state index contributed by atoms with van der Waals surface area (Å²) in [6.07, 6.45) is 2.92. The molecule has 1 aliphatic rings. The van der Waals surface area contributed by atoms with E-state index < -0.39 is 0 Å². The molecule has 1 aromatic carbocycles. The number of benzene rings is 1. The van der Waals surface area contributed by atoms with E-state index in [-0.39, 0.29) is 29.1 Å². The van der Waals surface area contributed by atoms with Gasteiger partial charge < -0.3 is 15.2 Å². The van der Waals surface area contributed by atoms with E-state index in [9.17, 15) is 14.4 Å². The van der Waals surface area contributed by atoms with E-state index in [4.69, 9.17) is 0 Å². The van der Waals surface area contributed by atoms with Crippen LogP contribution in [0.3, 0.4) is 0 Å². The normalized spacial score (nSPS) is 15.0. The van der Waals surface area contributed by atoms with Gasteiger partial charge in [0.2, 0.25) is 0 Å². The van der Waals surface area contributed by atoms with Crippen molar-refractivity contribution in [3.63, 3.8) is 0 Å². The Morgan fingerprint density at radius 2 is 1.96 bits per heavy atom. The Kier molecular flexibility index (Phi) is 4.41. The summed E-state index contributed by atoms with van der Waals surface area (Å²) < 4.78 is 0. The number of piperidine rings is 1. The molecule has 2 amide bonds. The number of hydrogen-bond donors (Lipinski definition) is 3. The van der Waals surface area contributed by atoms with Gasteiger partial charge in [0, 0.05) is 30.8 Å². The minimum absolute atomic E-state index is 0.0291. The molecule has 9 heteroatoms. The molecule has 1 saturated heterocycles. The van der Waals surface area contributed by atoms with E-state index >= 15 is 0 Å². The molecule has 0 saturated carbocycles. The molecule has 2 aromatic heterocycles. The Morgan fingerprint density at radius 3 is 2.70 bits per heavy atom. The van der Waals surface area contributed by atoms with Gasteiger partial charge in [-0.1, -0.05) is 0 Å². The van der Waals surface area contributed by atoms with Crippen molar-refractivity contribution < 1.29 is 9.59 Å². The van der Waals surface area contributed by atoms with Crippen LogP contribution in [-0.2, 0) is 0 Å². The van der Waals surface area contributed by atoms with Crippen molar-refractivity contribution in [3.8, 4) is 0 Å². The smallest absolute Gasteiger partial charge is 0.271 e. The van der Waals surface area contributed by atoms with Gasteiger partial charge in [-0.3, -0.25) is 14.4 Å². The quantitative estimate of drug-likeness (QED) is 0.629. The minimum atomic E-state index is -0.355. The lowest BCUT2D eigenvalue weighted by atomic mass is 10.0. The van der Waals surface area contributed by atoms with E-state index in [1.807, 2.05) is 6.07 Å². The number of fused-ring (bicyclic) bond motifs is 1. The second kappa shape index (κ2) is 7.02. The summed E-state index contributed by atoms with van der Waals surface area (Å²) in [5.41, 5.74) is 2.08. The molecule has 3 heterocycles. The first kappa shape index (κ1) is 17.0. The number of H-pyrrole nitrogens is 2. The lowest BCUT2D eigenvalue weighted by molar-refractivity contribution is 0.0697. The Labute approximate surface area is 153 Å². The molecule has 138 valence electrons. The summed E-state index contributed by atoms with van der Waals surface area (Å²) in [5.74, 6) is -0.362. The molecule has 4 rings (SSSR count). The minimum Gasteiger partial charge on any atom is -0.348 e. The van der Waals surface area contributed by atoms with E-state index in [1.165, 1.54) is 12.1 Å². The zero-order valence-electron chi connectivity index (χ0n) is 14.4. The third-order valence-electron chi connectivity index (χ3n) is 4.70. The highest BCUT2D eigenvalue weighted by molar-refractivity contribution is 5.97. The molecule has 1 aliphatic heterocycles. The molecule has 3 aromatic rings. The van der Waals surface area contributed by atoms with Crippen LogP contribution in [0.2, 0.25) is 0 Å². The SMILES string of the molecule is O=C(NC1CCN(C(=O)c2ccc3nc[nH]c3c2)CC1)c1ccc(=O)[nH]n1. The molecule has 0 unspecified atom stereocenters. The maximum Gasteiger partial charge on any atom is 0.271 e. The Bertz CT molecular complexity index is 1030. The highest BCUT2D eigenvalue weighted by Gasteiger charge is 2.25. The van der Waals surface area contributed by atoms with Gasteiger partial charge >= 0.3 is 0 Å². The molecule has 0 spiro atoms. The standard InChI is InChI=1S/C18H18N6O3/c25-16-4-3-14(22-23-16)17(26)21-12-5-7-24(8-6-12)18(27)11-1-2-13-15(9-11)20-10-19-13/h1-4,9-10,12H,5-8H2,(H,19,20)(H,21,26)(H,23,25). The molecule has 3 N–H and O–H groups in total. The fraction of sp³-hybridized carbons (Fsp3) is 0.278. The average molecular weight is 366 g/mol. The van der Waals surface area contributed by atoms with Crippen molar-refractivity contribution in [3.05, 3.63) is 58.3 Å². The molecule has 9 nitrogen and oxygen atoms in total. The van der Waals surface area contributed by atoms with Crippen molar-refractivity contribution in [1.82, 2.24) is 30.4 Å². The lowest BCUT2D eigenvalue weighted by Crippen LogP contribution is -2.46. The van der Waals surface area contributed by atoms with Crippen LogP contribution in [0.1, 0.15) is 33.7 Å². The summed E-state index contributed by atoms with van der Waals surface area (Å²) in [6.45, 7) is 1.12. The number of rotatable bonds is 3. The largest absolute Gasteiger partial charge is 0.348 e. The number of aromatic amines is 2. The number of nitrogens with zero attached hydrogens (tertiary/aromatic N) is 3. The maximum atomic E-state index is 12.7. The van der Waals surface area contributed by atoms with Crippen LogP contribution < -0.4 is 10.9 Å². The van der Waals surface area contributed by atoms with E-state index in [1.54, 1.807) is 23.4 Å². The van der Waals surface area contributed by atoms with Gasteiger partial charge in [0.05, 0.1) is 17.4 Å². The fourth-order valence-corrected chi connectivity index (χ4v) is 3.21. The Balaban J connectivity index is 1.35. The van der Waals surface area contributed by atoms with Gasteiger partial charge in [-0.25, -0.2) is 10.1 Å². The Hall–Kier alpha value is -3.49. The molecule has 0 atom stereocenters. The number of carbonyl (C=O) groups excluding carboxylic acids is 2. The highest BCUT2D eigenvalue weighted by Crippen LogP contribution is 2.17. The lowest BCUT2D eigenvalue weighted by Gasteiger charge is -2.32. The van der Waals surface area contributed by atoms with E-state index in [2.05, 4.69) is 25.5 Å². The van der Waals surface area contributed by atoms with Crippen LogP contribution in [0, 0.1) is 0 Å². The first-order valence-electron chi connectivity index (χ1n) is 8.69. The van der Waals surface area contributed by atoms with Crippen molar-refractivity contribution in [2.24, 2.45) is 0 Å². The summed E-state index contributed by atoms with van der Waals surface area (Å²) in [5, 5.41) is 8.87. The number of aromatic nitrogens is 4. The average Bonchev–Trinajstić information content (AvgIpc) is 3.16. The Morgan fingerprint density at radius 1 is 1.15 bits per heavy atom. The van der Waals surface area contributed by atoms with Crippen molar-refractivity contribution in [2.45, 2.75) is 18.9 Å². The van der Waals surface area contributed by atoms with Gasteiger partial charge in [0.1, 0.15) is 5.69 Å². The van der Waals surface area contributed by atoms with Gasteiger partial charge in [0.15, 0.2) is 0 Å². The summed E-state index contributed by atoms with van der Waals surface area (Å²) >= 11 is 0. The van der Waals surface area contributed by atoms with Crippen LogP contribution in [0.15, 0.2) is 41.5 Å². The molecular formula is C18H18N6O3. The second-order valence-corrected chi connectivity index (χ2v) is 6.48. The topological polar surface area (TPSA) is 124 Å². The van der Waals surface area contributed by atoms with Gasteiger partial charge in [-0.05, 0) is 37.1 Å². The molecule has 0 aliphatic carbocycles. The van der Waals surface area contributed by atoms with E-state index in [0.717, 1.165) is 11.0 Å². The second-order valence-electron chi connectivity index (χ2n) is 6.48. The summed E-state index contributed by atoms with van der Waals surface area (Å²) in [4.78, 5) is 44.8. The summed E-state index contributed by atoms with van der Waals surface area (Å²) in [7, 11) is 0. The van der Waals surface area contributed by atoms with Gasteiger partial charge in [0.25, 0.3) is 17.4 Å². The third-order valence-corrected chi connectivity index (χ3v) is 4.70. The molecule has 0 radical (unpaired) electrons. The first-order chi connectivity index (χ1) is 13.1. The monoisotopic (exact) mass is 366 g/mol. The highest BCUT2D eigenvalue weighted by atomic mass is 16.2. The molecule has 1 fully saturated rings. The third kappa shape index (κ3) is 3.57. The van der Waals surface area contributed by atoms with Crippen molar-refractivity contribution in [1.29, 1.82) is 0 Å². The number of carbonyl (C=O) groups is 2. The van der Waals surface area contributed by atoms with Gasteiger partial charge in [-0.15, -0.1) is 0 Å². The number of hydrogen-bond acceptors (Lipinski definition) is 5. The van der Waals surface area contributed by atoms with Crippen LogP contribution in [0.4, 0.5) is 0 Å².